The van der Waals surface area contributed by atoms with Crippen LogP contribution in [0, 0.1) is 0 Å². The number of primary amides is 1. The van der Waals surface area contributed by atoms with E-state index in [1.807, 2.05) is 18.2 Å². The lowest BCUT2D eigenvalue weighted by atomic mass is 9.95. The molecule has 0 unspecified atom stereocenters. The fourth-order valence-electron chi connectivity index (χ4n) is 3.20. The predicted octanol–water partition coefficient (Wildman–Crippen LogP) is 3.69. The Balaban J connectivity index is 1.62. The van der Waals surface area contributed by atoms with Crippen LogP contribution in [0.1, 0.15) is 52.0 Å². The van der Waals surface area contributed by atoms with Gasteiger partial charge in [0.15, 0.2) is 0 Å². The van der Waals surface area contributed by atoms with Crippen molar-refractivity contribution in [3.63, 3.8) is 0 Å². The van der Waals surface area contributed by atoms with Gasteiger partial charge in [0, 0.05) is 11.3 Å². The van der Waals surface area contributed by atoms with Crippen LogP contribution in [0.15, 0.2) is 30.3 Å². The van der Waals surface area contributed by atoms with Gasteiger partial charge in [-0.3, -0.25) is 9.59 Å². The van der Waals surface area contributed by atoms with Crippen LogP contribution in [-0.2, 0) is 24.1 Å². The highest BCUT2D eigenvalue weighted by atomic mass is 32.1. The second kappa shape index (κ2) is 7.62. The largest absolute Gasteiger partial charge is 0.365 e. The van der Waals surface area contributed by atoms with Crippen LogP contribution >= 0.6 is 11.3 Å². The number of amides is 2. The molecule has 0 spiro atoms. The van der Waals surface area contributed by atoms with Crippen LogP contribution in [0.4, 0.5) is 5.00 Å². The summed E-state index contributed by atoms with van der Waals surface area (Å²) in [6.07, 6.45) is 6.17. The molecule has 1 aliphatic carbocycles. The van der Waals surface area contributed by atoms with Gasteiger partial charge in [-0.15, -0.1) is 11.3 Å². The van der Waals surface area contributed by atoms with Crippen LogP contribution in [-0.4, -0.2) is 11.8 Å². The van der Waals surface area contributed by atoms with Crippen LogP contribution in [0.3, 0.4) is 0 Å². The number of hydrogen-bond acceptors (Lipinski definition) is 3. The lowest BCUT2D eigenvalue weighted by Gasteiger charge is -2.11. The number of rotatable bonds is 6. The van der Waals surface area contributed by atoms with E-state index in [-0.39, 0.29) is 5.91 Å². The third kappa shape index (κ3) is 3.85. The maximum Gasteiger partial charge on any atom is 0.251 e. The highest BCUT2D eigenvalue weighted by molar-refractivity contribution is 7.17. The van der Waals surface area contributed by atoms with Crippen molar-refractivity contribution in [3.8, 4) is 0 Å². The summed E-state index contributed by atoms with van der Waals surface area (Å²) in [6, 6.07) is 10.1. The van der Waals surface area contributed by atoms with Gasteiger partial charge in [-0.1, -0.05) is 30.3 Å². The molecule has 3 rings (SSSR count). The number of aryl methyl sites for hydroxylation is 2. The number of carbonyl (C=O) groups excluding carboxylic acids is 2. The van der Waals surface area contributed by atoms with Gasteiger partial charge in [-0.05, 0) is 49.7 Å². The Bertz CT molecular complexity index is 737. The molecule has 24 heavy (non-hydrogen) atoms. The van der Waals surface area contributed by atoms with E-state index in [0.29, 0.717) is 17.0 Å². The van der Waals surface area contributed by atoms with E-state index in [0.717, 1.165) is 44.1 Å². The number of fused-ring (bicyclic) bond motifs is 1. The second-order valence-corrected chi connectivity index (χ2v) is 7.27. The zero-order valence-corrected chi connectivity index (χ0v) is 14.5. The van der Waals surface area contributed by atoms with Gasteiger partial charge in [0.05, 0.1) is 5.56 Å². The van der Waals surface area contributed by atoms with E-state index in [1.54, 1.807) is 0 Å². The summed E-state index contributed by atoms with van der Waals surface area (Å²) in [5, 5.41) is 3.55. The Labute approximate surface area is 146 Å². The minimum atomic E-state index is -0.436. The first kappa shape index (κ1) is 16.7. The summed E-state index contributed by atoms with van der Waals surface area (Å²) in [5.41, 5.74) is 8.37. The number of nitrogens with two attached hydrogens (primary N) is 1. The van der Waals surface area contributed by atoms with Crippen LogP contribution in [0.2, 0.25) is 0 Å². The molecule has 2 aromatic rings. The van der Waals surface area contributed by atoms with Gasteiger partial charge in [0.1, 0.15) is 5.00 Å². The number of thiophene rings is 1. The fourth-order valence-corrected chi connectivity index (χ4v) is 4.51. The topological polar surface area (TPSA) is 72.2 Å². The molecule has 1 aliphatic rings. The van der Waals surface area contributed by atoms with E-state index in [4.69, 9.17) is 5.73 Å². The van der Waals surface area contributed by atoms with Gasteiger partial charge in [-0.2, -0.15) is 0 Å². The summed E-state index contributed by atoms with van der Waals surface area (Å²) in [6.45, 7) is 0. The normalized spacial score (nSPS) is 13.3. The van der Waals surface area contributed by atoms with E-state index in [2.05, 4.69) is 17.4 Å². The minimum absolute atomic E-state index is 0.0490. The van der Waals surface area contributed by atoms with E-state index >= 15 is 0 Å². The van der Waals surface area contributed by atoms with E-state index in [9.17, 15) is 9.59 Å². The first-order valence-electron chi connectivity index (χ1n) is 8.43. The molecule has 0 aliphatic heterocycles. The molecule has 0 radical (unpaired) electrons. The molecule has 0 saturated heterocycles. The highest BCUT2D eigenvalue weighted by Crippen LogP contribution is 2.37. The maximum atomic E-state index is 12.2. The molecule has 126 valence electrons. The van der Waals surface area contributed by atoms with Gasteiger partial charge in [-0.25, -0.2) is 0 Å². The Morgan fingerprint density at radius 2 is 1.88 bits per heavy atom. The molecule has 5 heteroatoms. The minimum Gasteiger partial charge on any atom is -0.365 e. The Morgan fingerprint density at radius 3 is 2.62 bits per heavy atom. The molecule has 0 fully saturated rings. The number of benzene rings is 1. The average Bonchev–Trinajstić information content (AvgIpc) is 2.93. The third-order valence-corrected chi connectivity index (χ3v) is 5.59. The van der Waals surface area contributed by atoms with Gasteiger partial charge < -0.3 is 11.1 Å². The van der Waals surface area contributed by atoms with Crippen molar-refractivity contribution >= 4 is 28.2 Å². The number of nitrogens with one attached hydrogen (secondary N) is 1. The zero-order chi connectivity index (χ0) is 16.9. The number of hydrogen-bond donors (Lipinski definition) is 2. The fraction of sp³-hybridized carbons (Fsp3) is 0.368. The van der Waals surface area contributed by atoms with Crippen molar-refractivity contribution < 1.29 is 9.59 Å². The lowest BCUT2D eigenvalue weighted by Crippen LogP contribution is -2.18. The van der Waals surface area contributed by atoms with Crippen molar-refractivity contribution in [2.24, 2.45) is 5.73 Å². The molecule has 0 atom stereocenters. The quantitative estimate of drug-likeness (QED) is 0.840. The highest BCUT2D eigenvalue weighted by Gasteiger charge is 2.24. The first-order chi connectivity index (χ1) is 11.6. The summed E-state index contributed by atoms with van der Waals surface area (Å²) in [7, 11) is 0. The monoisotopic (exact) mass is 342 g/mol. The third-order valence-electron chi connectivity index (χ3n) is 4.38. The van der Waals surface area contributed by atoms with Gasteiger partial charge in [0.2, 0.25) is 5.91 Å². The van der Waals surface area contributed by atoms with Crippen molar-refractivity contribution in [1.82, 2.24) is 0 Å². The molecule has 1 heterocycles. The SMILES string of the molecule is NC(=O)c1c(NC(=O)CCCc2ccccc2)sc2c1CCCC2. The zero-order valence-electron chi connectivity index (χ0n) is 13.6. The molecule has 1 aromatic carbocycles. The van der Waals surface area contributed by atoms with Crippen molar-refractivity contribution in [1.29, 1.82) is 0 Å². The van der Waals surface area contributed by atoms with E-state index < -0.39 is 5.91 Å². The first-order valence-corrected chi connectivity index (χ1v) is 9.25. The molecule has 1 aromatic heterocycles. The molecule has 0 saturated carbocycles. The molecular weight excluding hydrogens is 320 g/mol. The molecular formula is C19H22N2O2S. The van der Waals surface area contributed by atoms with Crippen LogP contribution in [0.25, 0.3) is 0 Å². The number of anilines is 1. The standard InChI is InChI=1S/C19H22N2O2S/c20-18(23)17-14-10-4-5-11-15(14)24-19(17)21-16(22)12-6-9-13-7-2-1-3-8-13/h1-3,7-8H,4-6,9-12H2,(H2,20,23)(H,21,22). The summed E-state index contributed by atoms with van der Waals surface area (Å²) >= 11 is 1.52. The van der Waals surface area contributed by atoms with E-state index in [1.165, 1.54) is 21.8 Å². The average molecular weight is 342 g/mol. The predicted molar refractivity (Wildman–Crippen MR) is 97.5 cm³/mol. The molecule has 2 amide bonds. The summed E-state index contributed by atoms with van der Waals surface area (Å²) in [5.74, 6) is -0.485. The summed E-state index contributed by atoms with van der Waals surface area (Å²) in [4.78, 5) is 25.3. The van der Waals surface area contributed by atoms with Crippen LogP contribution in [0.5, 0.6) is 0 Å². The van der Waals surface area contributed by atoms with Crippen molar-refractivity contribution in [3.05, 3.63) is 51.9 Å². The molecule has 0 bridgehead atoms. The molecule has 4 nitrogen and oxygen atoms in total. The molecule has 3 N–H and O–H groups in total. The van der Waals surface area contributed by atoms with Gasteiger partial charge >= 0.3 is 0 Å². The lowest BCUT2D eigenvalue weighted by molar-refractivity contribution is -0.116. The van der Waals surface area contributed by atoms with Crippen molar-refractivity contribution in [2.45, 2.75) is 44.9 Å². The smallest absolute Gasteiger partial charge is 0.251 e. The van der Waals surface area contributed by atoms with Crippen molar-refractivity contribution in [2.75, 3.05) is 5.32 Å². The summed E-state index contributed by atoms with van der Waals surface area (Å²) < 4.78 is 0. The Hall–Kier alpha value is -2.14. The van der Waals surface area contributed by atoms with Gasteiger partial charge in [0.25, 0.3) is 5.91 Å². The Kier molecular flexibility index (Phi) is 5.30. The number of carbonyl (C=O) groups is 2. The second-order valence-electron chi connectivity index (χ2n) is 6.17. The Morgan fingerprint density at radius 1 is 1.12 bits per heavy atom. The van der Waals surface area contributed by atoms with Crippen LogP contribution < -0.4 is 11.1 Å². The maximum absolute atomic E-state index is 12.2.